The molecule has 2 aromatic rings. The summed E-state index contributed by atoms with van der Waals surface area (Å²) >= 11 is 0.922. The number of nitrogens with two attached hydrogens (primary N) is 1. The van der Waals surface area contributed by atoms with Gasteiger partial charge in [-0.25, -0.2) is 19.1 Å². The molecular weight excluding hydrogens is 474 g/mol. The predicted octanol–water partition coefficient (Wildman–Crippen LogP) is 5.46. The van der Waals surface area contributed by atoms with Crippen molar-refractivity contribution >= 4 is 33.0 Å². The Morgan fingerprint density at radius 3 is 2.15 bits per heavy atom. The van der Waals surface area contributed by atoms with Crippen LogP contribution in [0.2, 0.25) is 0 Å². The minimum absolute atomic E-state index is 0.0191. The van der Waals surface area contributed by atoms with Crippen molar-refractivity contribution < 1.29 is 27.6 Å². The maximum Gasteiger partial charge on any atom is 0.387 e. The first-order valence-electron chi connectivity index (χ1n) is 10.2. The number of ether oxygens (including phenoxy) is 1. The number of urea groups is 1. The Morgan fingerprint density at radius 1 is 1.24 bits per heavy atom. The van der Waals surface area contributed by atoms with E-state index in [1.807, 2.05) is 27.7 Å². The molecule has 2 rings (SSSR count). The number of alkyl halides is 2. The Labute approximate surface area is 196 Å². The van der Waals surface area contributed by atoms with Crippen molar-refractivity contribution in [3.63, 3.8) is 0 Å². The number of aromatic nitrogens is 1. The first-order chi connectivity index (χ1) is 15.0. The molecule has 1 atom stereocenters. The summed E-state index contributed by atoms with van der Waals surface area (Å²) in [5.41, 5.74) is 0.528. The van der Waals surface area contributed by atoms with Crippen LogP contribution < -0.4 is 15.2 Å². The monoisotopic (exact) mass is 504 g/mol. The number of nitrogens with one attached hydrogen (secondary N) is 1. The van der Waals surface area contributed by atoms with Crippen molar-refractivity contribution in [1.82, 2.24) is 4.98 Å². The number of rotatable bonds is 7. The van der Waals surface area contributed by atoms with Gasteiger partial charge in [0.2, 0.25) is 0 Å². The van der Waals surface area contributed by atoms with Gasteiger partial charge in [0.1, 0.15) is 20.6 Å². The fourth-order valence-electron chi connectivity index (χ4n) is 3.09. The van der Waals surface area contributed by atoms with Crippen LogP contribution in [-0.2, 0) is 15.5 Å². The fourth-order valence-corrected chi connectivity index (χ4v) is 5.57. The van der Waals surface area contributed by atoms with Gasteiger partial charge in [0.15, 0.2) is 9.92 Å². The van der Waals surface area contributed by atoms with E-state index in [1.165, 1.54) is 26.0 Å². The Bertz CT molecular complexity index is 1120. The number of nitrogens with zero attached hydrogens (tertiary/aromatic N) is 2. The summed E-state index contributed by atoms with van der Waals surface area (Å²) in [5.74, 6) is -0.326. The molecule has 0 aliphatic rings. The van der Waals surface area contributed by atoms with Gasteiger partial charge in [-0.3, -0.25) is 0 Å². The Kier molecular flexibility index (Phi) is 8.21. The van der Waals surface area contributed by atoms with E-state index >= 15 is 0 Å². The van der Waals surface area contributed by atoms with Crippen LogP contribution in [0.15, 0.2) is 20.7 Å². The van der Waals surface area contributed by atoms with Gasteiger partial charge in [-0.05, 0) is 55.9 Å². The van der Waals surface area contributed by atoms with Crippen molar-refractivity contribution in [3.05, 3.63) is 34.0 Å². The molecule has 8 nitrogen and oxygen atoms in total. The SMILES string of the molecule is Cc1nc(C(C)(C)O)sc1S(N)(=O)=NC(=O)Nc1c(C(C)C)cc(OC(F)F)cc1C(C)C. The van der Waals surface area contributed by atoms with E-state index in [4.69, 9.17) is 5.14 Å². The van der Waals surface area contributed by atoms with Crippen LogP contribution in [0.4, 0.5) is 19.3 Å². The zero-order valence-electron chi connectivity index (χ0n) is 19.6. The molecular formula is C21H30F2N4O4S2. The van der Waals surface area contributed by atoms with Crippen LogP contribution in [0.3, 0.4) is 0 Å². The second-order valence-electron chi connectivity index (χ2n) is 8.71. The lowest BCUT2D eigenvalue weighted by Crippen LogP contribution is -2.19. The molecule has 184 valence electrons. The van der Waals surface area contributed by atoms with E-state index in [0.29, 0.717) is 27.5 Å². The molecule has 1 unspecified atom stereocenters. The maximum atomic E-state index is 13.1. The van der Waals surface area contributed by atoms with Crippen LogP contribution in [0.25, 0.3) is 0 Å². The first-order valence-corrected chi connectivity index (χ1v) is 12.6. The van der Waals surface area contributed by atoms with Crippen molar-refractivity contribution in [2.24, 2.45) is 9.50 Å². The van der Waals surface area contributed by atoms with Gasteiger partial charge < -0.3 is 15.2 Å². The highest BCUT2D eigenvalue weighted by molar-refractivity contribution is 7.93. The number of anilines is 1. The van der Waals surface area contributed by atoms with Gasteiger partial charge in [0.25, 0.3) is 0 Å². The standard InChI is InChI=1S/C21H30F2N4O4S2/c1-10(2)14-8-13(31-19(22)23)9-15(11(3)4)16(14)26-20(28)27-33(24,30)17-12(5)25-18(32-17)21(6,7)29/h8-11,19,29H,1-7H3,(H3,24,26,27,28,30). The van der Waals surface area contributed by atoms with E-state index in [9.17, 15) is 22.9 Å². The zero-order valence-corrected chi connectivity index (χ0v) is 21.2. The smallest absolute Gasteiger partial charge is 0.387 e. The number of carbonyl (C=O) groups is 1. The molecule has 33 heavy (non-hydrogen) atoms. The van der Waals surface area contributed by atoms with Crippen LogP contribution in [0.5, 0.6) is 5.75 Å². The number of amides is 2. The van der Waals surface area contributed by atoms with Gasteiger partial charge in [-0.2, -0.15) is 8.78 Å². The fraction of sp³-hybridized carbons (Fsp3) is 0.524. The Morgan fingerprint density at radius 2 is 1.76 bits per heavy atom. The van der Waals surface area contributed by atoms with Crippen molar-refractivity contribution in [2.45, 2.75) is 76.7 Å². The van der Waals surface area contributed by atoms with Gasteiger partial charge in [0, 0.05) is 5.69 Å². The molecule has 4 N–H and O–H groups in total. The van der Waals surface area contributed by atoms with Crippen LogP contribution in [0.1, 0.15) is 75.2 Å². The molecule has 0 saturated heterocycles. The summed E-state index contributed by atoms with van der Waals surface area (Å²) < 4.78 is 47.0. The minimum atomic E-state index is -3.66. The Balaban J connectivity index is 2.52. The summed E-state index contributed by atoms with van der Waals surface area (Å²) in [6.45, 7) is 8.98. The molecule has 2 amide bonds. The number of aryl methyl sites for hydroxylation is 1. The highest BCUT2D eigenvalue weighted by atomic mass is 32.2. The largest absolute Gasteiger partial charge is 0.435 e. The molecule has 0 saturated carbocycles. The molecule has 1 aromatic heterocycles. The lowest BCUT2D eigenvalue weighted by molar-refractivity contribution is -0.0499. The number of hydrogen-bond acceptors (Lipinski definition) is 6. The lowest BCUT2D eigenvalue weighted by Gasteiger charge is -2.21. The maximum absolute atomic E-state index is 13.1. The second kappa shape index (κ2) is 10.00. The first kappa shape index (κ1) is 27.1. The third kappa shape index (κ3) is 6.69. The van der Waals surface area contributed by atoms with E-state index in [2.05, 4.69) is 19.4 Å². The third-order valence-corrected chi connectivity index (χ3v) is 8.13. The number of hydrogen-bond donors (Lipinski definition) is 3. The highest BCUT2D eigenvalue weighted by Gasteiger charge is 2.26. The molecule has 0 aliphatic heterocycles. The van der Waals surface area contributed by atoms with Gasteiger partial charge in [-0.15, -0.1) is 15.7 Å². The quantitative estimate of drug-likeness (QED) is 0.461. The summed E-state index contributed by atoms with van der Waals surface area (Å²) in [7, 11) is -3.66. The summed E-state index contributed by atoms with van der Waals surface area (Å²) in [5, 5.41) is 19.0. The van der Waals surface area contributed by atoms with E-state index in [1.54, 1.807) is 6.92 Å². The molecule has 0 spiro atoms. The number of thiazole rings is 1. The average molecular weight is 505 g/mol. The average Bonchev–Trinajstić information content (AvgIpc) is 3.04. The molecule has 0 aliphatic carbocycles. The van der Waals surface area contributed by atoms with Crippen molar-refractivity contribution in [2.75, 3.05) is 5.32 Å². The van der Waals surface area contributed by atoms with Crippen LogP contribution >= 0.6 is 11.3 Å². The summed E-state index contributed by atoms with van der Waals surface area (Å²) in [6.07, 6.45) is 0. The lowest BCUT2D eigenvalue weighted by atomic mass is 9.92. The predicted molar refractivity (Wildman–Crippen MR) is 125 cm³/mol. The Hall–Kier alpha value is -2.15. The van der Waals surface area contributed by atoms with Gasteiger partial charge in [0.05, 0.1) is 5.69 Å². The van der Waals surface area contributed by atoms with E-state index < -0.39 is 28.2 Å². The van der Waals surface area contributed by atoms with Crippen molar-refractivity contribution in [1.29, 1.82) is 0 Å². The molecule has 0 fully saturated rings. The highest BCUT2D eigenvalue weighted by Crippen LogP contribution is 2.37. The second-order valence-corrected chi connectivity index (χ2v) is 11.7. The van der Waals surface area contributed by atoms with Crippen molar-refractivity contribution in [3.8, 4) is 5.75 Å². The van der Waals surface area contributed by atoms with Gasteiger partial charge >= 0.3 is 12.6 Å². The normalized spacial score (nSPS) is 14.0. The van der Waals surface area contributed by atoms with Gasteiger partial charge in [-0.1, -0.05) is 27.7 Å². The summed E-state index contributed by atoms with van der Waals surface area (Å²) in [6, 6.07) is 1.91. The van der Waals surface area contributed by atoms with E-state index in [0.717, 1.165) is 11.3 Å². The number of carbonyl (C=O) groups excluding carboxylic acids is 1. The minimum Gasteiger partial charge on any atom is -0.435 e. The van der Waals surface area contributed by atoms with E-state index in [-0.39, 0.29) is 21.8 Å². The number of halogens is 2. The summed E-state index contributed by atoms with van der Waals surface area (Å²) in [4.78, 5) is 17.0. The third-order valence-electron chi connectivity index (χ3n) is 4.64. The zero-order chi connectivity index (χ0) is 25.3. The molecule has 1 heterocycles. The topological polar surface area (TPSA) is 127 Å². The molecule has 1 aromatic carbocycles. The van der Waals surface area contributed by atoms with Crippen LogP contribution in [-0.4, -0.2) is 26.9 Å². The number of aliphatic hydroxyl groups is 1. The molecule has 0 radical (unpaired) electrons. The molecule has 0 bridgehead atoms. The number of benzene rings is 1. The van der Waals surface area contributed by atoms with Crippen LogP contribution in [0, 0.1) is 6.92 Å². The molecule has 12 heteroatoms.